The van der Waals surface area contributed by atoms with Crippen LogP contribution in [0.25, 0.3) is 0 Å². The van der Waals surface area contributed by atoms with Crippen LogP contribution < -0.4 is 0 Å². The fourth-order valence-electron chi connectivity index (χ4n) is 1.25. The lowest BCUT2D eigenvalue weighted by atomic mass is 9.99. The highest BCUT2D eigenvalue weighted by Gasteiger charge is 2.32. The summed E-state index contributed by atoms with van der Waals surface area (Å²) in [7, 11) is 0. The van der Waals surface area contributed by atoms with E-state index in [-0.39, 0.29) is 5.56 Å². The molecule has 0 atom stereocenters. The van der Waals surface area contributed by atoms with Crippen LogP contribution in [0.2, 0.25) is 0 Å². The van der Waals surface area contributed by atoms with E-state index in [0.29, 0.717) is 17.2 Å². The van der Waals surface area contributed by atoms with Crippen molar-refractivity contribution in [2.45, 2.75) is 20.0 Å². The van der Waals surface area contributed by atoms with Crippen molar-refractivity contribution < 1.29 is 23.1 Å². The van der Waals surface area contributed by atoms with Gasteiger partial charge in [-0.1, -0.05) is 0 Å². The lowest BCUT2D eigenvalue weighted by Crippen LogP contribution is -2.10. The Morgan fingerprint density at radius 3 is 2.20 bits per heavy atom. The van der Waals surface area contributed by atoms with Crippen molar-refractivity contribution in [1.29, 1.82) is 0 Å². The summed E-state index contributed by atoms with van der Waals surface area (Å²) in [4.78, 5) is 10.7. The largest absolute Gasteiger partial charge is 0.478 e. The Bertz CT molecular complexity index is 408. The van der Waals surface area contributed by atoms with Gasteiger partial charge in [-0.05, 0) is 37.1 Å². The van der Waals surface area contributed by atoms with Crippen LogP contribution in [0.5, 0.6) is 0 Å². The molecule has 2 nitrogen and oxygen atoms in total. The molecule has 0 aliphatic heterocycles. The maximum absolute atomic E-state index is 12.4. The fraction of sp³-hybridized carbons (Fsp3) is 0.300. The smallest absolute Gasteiger partial charge is 0.416 e. The second-order valence-electron chi connectivity index (χ2n) is 3.27. The number of alkyl halides is 3. The first-order valence-corrected chi connectivity index (χ1v) is 4.15. The highest BCUT2D eigenvalue weighted by atomic mass is 19.4. The fourth-order valence-corrected chi connectivity index (χ4v) is 1.25. The SMILES string of the molecule is Cc1cc(C(F)(F)F)cc(C(=O)O)c1C. The van der Waals surface area contributed by atoms with Gasteiger partial charge in [0.2, 0.25) is 0 Å². The van der Waals surface area contributed by atoms with E-state index in [2.05, 4.69) is 0 Å². The third-order valence-electron chi connectivity index (χ3n) is 2.23. The molecule has 0 amide bonds. The Morgan fingerprint density at radius 1 is 1.27 bits per heavy atom. The quantitative estimate of drug-likeness (QED) is 0.786. The van der Waals surface area contributed by atoms with Crippen LogP contribution in [0.3, 0.4) is 0 Å². The topological polar surface area (TPSA) is 37.3 Å². The predicted octanol–water partition coefficient (Wildman–Crippen LogP) is 3.02. The zero-order valence-corrected chi connectivity index (χ0v) is 8.14. The monoisotopic (exact) mass is 218 g/mol. The first-order chi connectivity index (χ1) is 6.73. The van der Waals surface area contributed by atoms with Gasteiger partial charge in [0.05, 0.1) is 11.1 Å². The number of carboxylic acids is 1. The number of hydrogen-bond acceptors (Lipinski definition) is 1. The van der Waals surface area contributed by atoms with Crippen LogP contribution in [0.15, 0.2) is 12.1 Å². The van der Waals surface area contributed by atoms with Gasteiger partial charge in [-0.15, -0.1) is 0 Å². The summed E-state index contributed by atoms with van der Waals surface area (Å²) in [6.07, 6.45) is -4.51. The Hall–Kier alpha value is -1.52. The maximum atomic E-state index is 12.4. The highest BCUT2D eigenvalue weighted by Crippen LogP contribution is 2.31. The van der Waals surface area contributed by atoms with Gasteiger partial charge in [0.25, 0.3) is 0 Å². The Labute approximate surface area is 84.3 Å². The Kier molecular flexibility index (Phi) is 2.75. The van der Waals surface area contributed by atoms with Crippen molar-refractivity contribution in [3.05, 3.63) is 34.4 Å². The molecule has 0 radical (unpaired) electrons. The molecule has 0 aliphatic carbocycles. The minimum atomic E-state index is -4.51. The average molecular weight is 218 g/mol. The van der Waals surface area contributed by atoms with E-state index in [1.54, 1.807) is 0 Å². The van der Waals surface area contributed by atoms with Gasteiger partial charge in [-0.3, -0.25) is 0 Å². The standard InChI is InChI=1S/C10H9F3O2/c1-5-3-7(10(11,12)13)4-8(6(5)2)9(14)15/h3-4H,1-2H3,(H,14,15). The summed E-state index contributed by atoms with van der Waals surface area (Å²) >= 11 is 0. The van der Waals surface area contributed by atoms with Gasteiger partial charge in [0, 0.05) is 0 Å². The molecule has 0 saturated carbocycles. The number of aromatic carboxylic acids is 1. The molecule has 0 unspecified atom stereocenters. The van der Waals surface area contributed by atoms with Gasteiger partial charge in [0.15, 0.2) is 0 Å². The molecule has 82 valence electrons. The summed E-state index contributed by atoms with van der Waals surface area (Å²) in [6.45, 7) is 2.94. The summed E-state index contributed by atoms with van der Waals surface area (Å²) in [5.41, 5.74) is -0.553. The van der Waals surface area contributed by atoms with Crippen molar-refractivity contribution in [1.82, 2.24) is 0 Å². The van der Waals surface area contributed by atoms with Crippen molar-refractivity contribution in [2.75, 3.05) is 0 Å². The van der Waals surface area contributed by atoms with Crippen molar-refractivity contribution in [2.24, 2.45) is 0 Å². The molecule has 1 aromatic carbocycles. The molecular formula is C10H9F3O2. The van der Waals surface area contributed by atoms with E-state index in [1.165, 1.54) is 13.8 Å². The molecule has 1 aromatic rings. The zero-order chi connectivity index (χ0) is 11.8. The second kappa shape index (κ2) is 3.56. The normalized spacial score (nSPS) is 11.5. The minimum absolute atomic E-state index is 0.303. The summed E-state index contributed by atoms with van der Waals surface area (Å²) in [5.74, 6) is -1.35. The van der Waals surface area contributed by atoms with Gasteiger partial charge in [0.1, 0.15) is 0 Å². The molecule has 1 N–H and O–H groups in total. The second-order valence-corrected chi connectivity index (χ2v) is 3.27. The Morgan fingerprint density at radius 2 is 1.80 bits per heavy atom. The van der Waals surface area contributed by atoms with Crippen LogP contribution in [-0.4, -0.2) is 11.1 Å². The predicted molar refractivity (Wildman–Crippen MR) is 47.9 cm³/mol. The third-order valence-corrected chi connectivity index (χ3v) is 2.23. The van der Waals surface area contributed by atoms with Crippen molar-refractivity contribution in [3.8, 4) is 0 Å². The number of hydrogen-bond donors (Lipinski definition) is 1. The van der Waals surface area contributed by atoms with Gasteiger partial charge in [-0.25, -0.2) is 4.79 Å². The average Bonchev–Trinajstić information content (AvgIpc) is 2.06. The minimum Gasteiger partial charge on any atom is -0.478 e. The lowest BCUT2D eigenvalue weighted by molar-refractivity contribution is -0.137. The summed E-state index contributed by atoms with van der Waals surface area (Å²) in [5, 5.41) is 8.71. The van der Waals surface area contributed by atoms with E-state index in [9.17, 15) is 18.0 Å². The Balaban J connectivity index is 3.43. The van der Waals surface area contributed by atoms with E-state index >= 15 is 0 Å². The van der Waals surface area contributed by atoms with E-state index < -0.39 is 17.7 Å². The van der Waals surface area contributed by atoms with Crippen LogP contribution in [0.4, 0.5) is 13.2 Å². The first-order valence-electron chi connectivity index (χ1n) is 4.15. The molecule has 0 aliphatic rings. The maximum Gasteiger partial charge on any atom is 0.416 e. The number of aryl methyl sites for hydroxylation is 1. The van der Waals surface area contributed by atoms with Crippen LogP contribution in [-0.2, 0) is 6.18 Å². The van der Waals surface area contributed by atoms with E-state index in [0.717, 1.165) is 6.07 Å². The number of halogens is 3. The van der Waals surface area contributed by atoms with E-state index in [1.807, 2.05) is 0 Å². The molecule has 5 heteroatoms. The van der Waals surface area contributed by atoms with Crippen molar-refractivity contribution in [3.63, 3.8) is 0 Å². The highest BCUT2D eigenvalue weighted by molar-refractivity contribution is 5.90. The summed E-state index contributed by atoms with van der Waals surface area (Å²) in [6, 6.07) is 1.60. The molecule has 0 fully saturated rings. The lowest BCUT2D eigenvalue weighted by Gasteiger charge is -2.11. The number of carboxylic acid groups (broad SMARTS) is 1. The van der Waals surface area contributed by atoms with Gasteiger partial charge < -0.3 is 5.11 Å². The molecular weight excluding hydrogens is 209 g/mol. The van der Waals surface area contributed by atoms with Crippen molar-refractivity contribution >= 4 is 5.97 Å². The summed E-state index contributed by atoms with van der Waals surface area (Å²) < 4.78 is 37.1. The van der Waals surface area contributed by atoms with Gasteiger partial charge in [-0.2, -0.15) is 13.2 Å². The molecule has 0 spiro atoms. The van der Waals surface area contributed by atoms with E-state index in [4.69, 9.17) is 5.11 Å². The molecule has 0 saturated heterocycles. The van der Waals surface area contributed by atoms with Crippen LogP contribution in [0, 0.1) is 13.8 Å². The first kappa shape index (κ1) is 11.6. The number of carbonyl (C=O) groups is 1. The molecule has 1 rings (SSSR count). The number of rotatable bonds is 1. The number of benzene rings is 1. The molecule has 0 aromatic heterocycles. The third kappa shape index (κ3) is 2.29. The molecule has 0 heterocycles. The van der Waals surface area contributed by atoms with Crippen LogP contribution >= 0.6 is 0 Å². The molecule has 0 bridgehead atoms. The zero-order valence-electron chi connectivity index (χ0n) is 8.14. The molecule has 15 heavy (non-hydrogen) atoms. The van der Waals surface area contributed by atoms with Crippen LogP contribution in [0.1, 0.15) is 27.0 Å². The van der Waals surface area contributed by atoms with Gasteiger partial charge >= 0.3 is 12.1 Å².